The largest absolute Gasteiger partial charge is 0.331 e. The molecule has 0 saturated heterocycles. The van der Waals surface area contributed by atoms with Gasteiger partial charge in [-0.3, -0.25) is 9.78 Å². The van der Waals surface area contributed by atoms with E-state index >= 15 is 0 Å². The topological polar surface area (TPSA) is 47.8 Å². The summed E-state index contributed by atoms with van der Waals surface area (Å²) < 4.78 is 1.68. The molecule has 70 valence electrons. The number of aryl methyl sites for hydroxylation is 1. The van der Waals surface area contributed by atoms with E-state index in [1.807, 2.05) is 18.2 Å². The summed E-state index contributed by atoms with van der Waals surface area (Å²) >= 11 is 0. The Kier molecular flexibility index (Phi) is 2.10. The van der Waals surface area contributed by atoms with Crippen molar-refractivity contribution in [3.63, 3.8) is 0 Å². The van der Waals surface area contributed by atoms with E-state index in [1.54, 1.807) is 24.1 Å². The normalized spacial score (nSPS) is 10.1. The van der Waals surface area contributed by atoms with Crippen LogP contribution in [-0.4, -0.2) is 20.8 Å². The maximum absolute atomic E-state index is 10.8. The lowest BCUT2D eigenvalue weighted by molar-refractivity contribution is 0.111. The van der Waals surface area contributed by atoms with Crippen LogP contribution in [0.1, 0.15) is 10.5 Å². The molecule has 0 fully saturated rings. The highest BCUT2D eigenvalue weighted by Gasteiger charge is 2.10. The molecule has 0 aliphatic rings. The predicted molar refractivity (Wildman–Crippen MR) is 51.8 cm³/mol. The molecule has 0 amide bonds. The van der Waals surface area contributed by atoms with E-state index in [1.165, 1.54) is 0 Å². The van der Waals surface area contributed by atoms with Crippen molar-refractivity contribution in [2.45, 2.75) is 0 Å². The molecule has 2 heterocycles. The van der Waals surface area contributed by atoms with Gasteiger partial charge in [-0.1, -0.05) is 6.07 Å². The van der Waals surface area contributed by atoms with Gasteiger partial charge >= 0.3 is 0 Å². The van der Waals surface area contributed by atoms with E-state index in [0.717, 1.165) is 12.0 Å². The maximum atomic E-state index is 10.8. The van der Waals surface area contributed by atoms with Gasteiger partial charge in [0.05, 0.1) is 12.0 Å². The molecule has 0 aliphatic carbocycles. The van der Waals surface area contributed by atoms with Crippen LogP contribution in [0, 0.1) is 0 Å². The summed E-state index contributed by atoms with van der Waals surface area (Å²) in [6.45, 7) is 0. The highest BCUT2D eigenvalue weighted by molar-refractivity contribution is 5.82. The Morgan fingerprint density at radius 2 is 2.21 bits per heavy atom. The van der Waals surface area contributed by atoms with E-state index in [0.29, 0.717) is 11.4 Å². The van der Waals surface area contributed by atoms with Gasteiger partial charge in [-0.2, -0.15) is 0 Å². The number of imidazole rings is 1. The molecule has 0 aliphatic heterocycles. The van der Waals surface area contributed by atoms with Gasteiger partial charge in [-0.25, -0.2) is 4.98 Å². The van der Waals surface area contributed by atoms with Gasteiger partial charge in [0, 0.05) is 13.2 Å². The lowest BCUT2D eigenvalue weighted by Gasteiger charge is -1.97. The van der Waals surface area contributed by atoms with Gasteiger partial charge in [0.25, 0.3) is 0 Å². The van der Waals surface area contributed by atoms with E-state index < -0.39 is 0 Å². The molecule has 0 spiro atoms. The maximum Gasteiger partial charge on any atom is 0.168 e. The first-order chi connectivity index (χ1) is 6.83. The van der Waals surface area contributed by atoms with Crippen molar-refractivity contribution < 1.29 is 4.79 Å². The van der Waals surface area contributed by atoms with Gasteiger partial charge < -0.3 is 4.57 Å². The summed E-state index contributed by atoms with van der Waals surface area (Å²) in [6.07, 6.45) is 4.07. The lowest BCUT2D eigenvalue weighted by Crippen LogP contribution is -1.95. The van der Waals surface area contributed by atoms with E-state index in [9.17, 15) is 4.79 Å². The standard InChI is InChI=1S/C10H9N3O/c1-13-7-12-10(9(13)6-14)8-4-2-3-5-11-8/h2-7H,1H3. The lowest BCUT2D eigenvalue weighted by atomic mass is 10.2. The smallest absolute Gasteiger partial charge is 0.168 e. The molecule has 4 nitrogen and oxygen atoms in total. The van der Waals surface area contributed by atoms with Crippen molar-refractivity contribution in [1.82, 2.24) is 14.5 Å². The van der Waals surface area contributed by atoms with Crippen molar-refractivity contribution in [3.8, 4) is 11.4 Å². The second kappa shape index (κ2) is 3.41. The zero-order chi connectivity index (χ0) is 9.97. The number of aromatic nitrogens is 3. The van der Waals surface area contributed by atoms with E-state index in [-0.39, 0.29) is 0 Å². The van der Waals surface area contributed by atoms with Gasteiger partial charge in [0.2, 0.25) is 0 Å². The fourth-order valence-electron chi connectivity index (χ4n) is 1.28. The third kappa shape index (κ3) is 1.31. The average molecular weight is 187 g/mol. The predicted octanol–water partition coefficient (Wildman–Crippen LogP) is 1.29. The Hall–Kier alpha value is -1.97. The number of hydrogen-bond donors (Lipinski definition) is 0. The van der Waals surface area contributed by atoms with Gasteiger partial charge in [0.1, 0.15) is 11.4 Å². The monoisotopic (exact) mass is 187 g/mol. The minimum Gasteiger partial charge on any atom is -0.331 e. The first-order valence-electron chi connectivity index (χ1n) is 4.21. The molecule has 0 N–H and O–H groups in total. The molecule has 0 radical (unpaired) electrons. The number of carbonyl (C=O) groups is 1. The summed E-state index contributed by atoms with van der Waals surface area (Å²) in [4.78, 5) is 19.1. The number of pyridine rings is 1. The molecule has 0 bridgehead atoms. The summed E-state index contributed by atoms with van der Waals surface area (Å²) in [7, 11) is 1.78. The zero-order valence-corrected chi connectivity index (χ0v) is 7.71. The summed E-state index contributed by atoms with van der Waals surface area (Å²) in [5.41, 5.74) is 1.89. The number of nitrogens with zero attached hydrogens (tertiary/aromatic N) is 3. The number of carbonyl (C=O) groups excluding carboxylic acids is 1. The average Bonchev–Trinajstić information content (AvgIpc) is 2.61. The van der Waals surface area contributed by atoms with Crippen molar-refractivity contribution in [1.29, 1.82) is 0 Å². The van der Waals surface area contributed by atoms with E-state index in [2.05, 4.69) is 9.97 Å². The molecular formula is C10H9N3O. The van der Waals surface area contributed by atoms with Gasteiger partial charge in [-0.15, -0.1) is 0 Å². The third-order valence-electron chi connectivity index (χ3n) is 2.00. The third-order valence-corrected chi connectivity index (χ3v) is 2.00. The molecule has 0 aromatic carbocycles. The van der Waals surface area contributed by atoms with Crippen LogP contribution in [0.5, 0.6) is 0 Å². The van der Waals surface area contributed by atoms with Crippen LogP contribution in [0.25, 0.3) is 11.4 Å². The first-order valence-corrected chi connectivity index (χ1v) is 4.21. The molecule has 0 unspecified atom stereocenters. The second-order valence-electron chi connectivity index (χ2n) is 2.92. The van der Waals surface area contributed by atoms with Crippen molar-refractivity contribution in [2.24, 2.45) is 7.05 Å². The van der Waals surface area contributed by atoms with Crippen LogP contribution in [0.4, 0.5) is 0 Å². The molecule has 4 heteroatoms. The van der Waals surface area contributed by atoms with Crippen LogP contribution in [-0.2, 0) is 7.05 Å². The Labute approximate surface area is 81.2 Å². The number of rotatable bonds is 2. The highest BCUT2D eigenvalue weighted by atomic mass is 16.1. The van der Waals surface area contributed by atoms with E-state index in [4.69, 9.17) is 0 Å². The minimum atomic E-state index is 0.545. The molecular weight excluding hydrogens is 178 g/mol. The molecule has 2 rings (SSSR count). The molecule has 2 aromatic heterocycles. The fourth-order valence-corrected chi connectivity index (χ4v) is 1.28. The second-order valence-corrected chi connectivity index (χ2v) is 2.92. The summed E-state index contributed by atoms with van der Waals surface area (Å²) in [5.74, 6) is 0. The minimum absolute atomic E-state index is 0.545. The van der Waals surface area contributed by atoms with Crippen molar-refractivity contribution in [2.75, 3.05) is 0 Å². The van der Waals surface area contributed by atoms with Gasteiger partial charge in [0.15, 0.2) is 6.29 Å². The van der Waals surface area contributed by atoms with Crippen LogP contribution < -0.4 is 0 Å². The highest BCUT2D eigenvalue weighted by Crippen LogP contribution is 2.16. The molecule has 14 heavy (non-hydrogen) atoms. The van der Waals surface area contributed by atoms with Crippen molar-refractivity contribution in [3.05, 3.63) is 36.4 Å². The number of aldehydes is 1. The first kappa shape index (κ1) is 8.62. The van der Waals surface area contributed by atoms with Crippen LogP contribution in [0.15, 0.2) is 30.7 Å². The quantitative estimate of drug-likeness (QED) is 0.665. The Morgan fingerprint density at radius 1 is 1.36 bits per heavy atom. The molecule has 2 aromatic rings. The summed E-state index contributed by atoms with van der Waals surface area (Å²) in [6, 6.07) is 5.52. The zero-order valence-electron chi connectivity index (χ0n) is 7.71. The SMILES string of the molecule is Cn1cnc(-c2ccccn2)c1C=O. The van der Waals surface area contributed by atoms with Gasteiger partial charge in [-0.05, 0) is 12.1 Å². The van der Waals surface area contributed by atoms with Crippen molar-refractivity contribution >= 4 is 6.29 Å². The van der Waals surface area contributed by atoms with Crippen LogP contribution in [0.2, 0.25) is 0 Å². The van der Waals surface area contributed by atoms with Crippen LogP contribution >= 0.6 is 0 Å². The Balaban J connectivity index is 2.57. The molecule has 0 atom stereocenters. The Morgan fingerprint density at radius 3 is 2.86 bits per heavy atom. The Bertz CT molecular complexity index is 448. The number of hydrogen-bond acceptors (Lipinski definition) is 3. The molecule has 0 saturated carbocycles. The van der Waals surface area contributed by atoms with Crippen LogP contribution in [0.3, 0.4) is 0 Å². The fraction of sp³-hybridized carbons (Fsp3) is 0.100. The summed E-state index contributed by atoms with van der Waals surface area (Å²) in [5, 5.41) is 0.